The molecule has 8 aromatic rings. The van der Waals surface area contributed by atoms with E-state index in [1.807, 2.05) is 35.8 Å². The number of hydrogen-bond donors (Lipinski definition) is 0. The molecule has 0 fully saturated rings. The zero-order chi connectivity index (χ0) is 27.2. The van der Waals surface area contributed by atoms with E-state index in [1.165, 1.54) is 58.7 Å². The Balaban J connectivity index is 1.25. The van der Waals surface area contributed by atoms with Gasteiger partial charge in [-0.2, -0.15) is 0 Å². The van der Waals surface area contributed by atoms with Crippen LogP contribution in [-0.2, 0) is 6.54 Å². The highest BCUT2D eigenvalue weighted by Gasteiger charge is 2.15. The SMILES string of the molecule is C(=NCc1cccc(-n2c3ccccc3c3cc(-c4cccc5c4sc4ccccc45)ccc32)c1)c1ccccc1. The van der Waals surface area contributed by atoms with Gasteiger partial charge in [0.1, 0.15) is 0 Å². The van der Waals surface area contributed by atoms with Gasteiger partial charge in [0.25, 0.3) is 0 Å². The van der Waals surface area contributed by atoms with Crippen molar-refractivity contribution in [3.05, 3.63) is 151 Å². The molecule has 2 aromatic heterocycles. The highest BCUT2D eigenvalue weighted by Crippen LogP contribution is 2.41. The molecule has 2 nitrogen and oxygen atoms in total. The molecule has 0 aliphatic rings. The second-order valence-corrected chi connectivity index (χ2v) is 11.5. The number of nitrogens with zero attached hydrogens (tertiary/aromatic N) is 2. The molecule has 0 N–H and O–H groups in total. The third-order valence-electron chi connectivity index (χ3n) is 7.87. The Labute approximate surface area is 242 Å². The van der Waals surface area contributed by atoms with E-state index in [9.17, 15) is 0 Å². The Morgan fingerprint density at radius 1 is 0.585 bits per heavy atom. The minimum Gasteiger partial charge on any atom is -0.309 e. The number of aliphatic imine (C=N–C) groups is 1. The molecular weight excluding hydrogens is 516 g/mol. The van der Waals surface area contributed by atoms with E-state index in [1.54, 1.807) is 0 Å². The van der Waals surface area contributed by atoms with Crippen LogP contribution in [0, 0.1) is 0 Å². The lowest BCUT2D eigenvalue weighted by Gasteiger charge is -2.10. The van der Waals surface area contributed by atoms with E-state index in [0.717, 1.165) is 11.3 Å². The van der Waals surface area contributed by atoms with Gasteiger partial charge in [-0.25, -0.2) is 0 Å². The molecule has 0 amide bonds. The molecule has 6 aromatic carbocycles. The molecule has 41 heavy (non-hydrogen) atoms. The highest BCUT2D eigenvalue weighted by molar-refractivity contribution is 7.26. The van der Waals surface area contributed by atoms with Crippen LogP contribution in [0.5, 0.6) is 0 Å². The lowest BCUT2D eigenvalue weighted by atomic mass is 10.0. The van der Waals surface area contributed by atoms with Crippen LogP contribution < -0.4 is 0 Å². The van der Waals surface area contributed by atoms with Gasteiger partial charge in [0, 0.05) is 42.8 Å². The molecule has 2 heterocycles. The van der Waals surface area contributed by atoms with Gasteiger partial charge in [0.15, 0.2) is 0 Å². The van der Waals surface area contributed by atoms with Gasteiger partial charge in [-0.15, -0.1) is 11.3 Å². The summed E-state index contributed by atoms with van der Waals surface area (Å²) in [5.74, 6) is 0. The molecule has 0 aliphatic heterocycles. The summed E-state index contributed by atoms with van der Waals surface area (Å²) in [6.07, 6.45) is 1.95. The second-order valence-electron chi connectivity index (χ2n) is 10.4. The van der Waals surface area contributed by atoms with Crippen LogP contribution >= 0.6 is 11.3 Å². The van der Waals surface area contributed by atoms with Crippen LogP contribution in [0.4, 0.5) is 0 Å². The van der Waals surface area contributed by atoms with Gasteiger partial charge in [-0.05, 0) is 58.7 Å². The van der Waals surface area contributed by atoms with Crippen molar-refractivity contribution in [2.45, 2.75) is 6.54 Å². The number of hydrogen-bond acceptors (Lipinski definition) is 2. The summed E-state index contributed by atoms with van der Waals surface area (Å²) in [5, 5.41) is 5.20. The van der Waals surface area contributed by atoms with E-state index in [0.29, 0.717) is 6.54 Å². The Morgan fingerprint density at radius 3 is 2.27 bits per heavy atom. The maximum atomic E-state index is 4.71. The van der Waals surface area contributed by atoms with E-state index in [-0.39, 0.29) is 0 Å². The number of thiophene rings is 1. The quantitative estimate of drug-likeness (QED) is 0.193. The Bertz CT molecular complexity index is 2230. The summed E-state index contributed by atoms with van der Waals surface area (Å²) in [6, 6.07) is 50.1. The van der Waals surface area contributed by atoms with Crippen LogP contribution in [0.3, 0.4) is 0 Å². The van der Waals surface area contributed by atoms with E-state index in [4.69, 9.17) is 4.99 Å². The fraction of sp³-hybridized carbons (Fsp3) is 0.0263. The summed E-state index contributed by atoms with van der Waals surface area (Å²) in [6.45, 7) is 0.642. The number of rotatable bonds is 5. The van der Waals surface area contributed by atoms with Gasteiger partial charge in [-0.1, -0.05) is 103 Å². The molecule has 3 heteroatoms. The first kappa shape index (κ1) is 23.9. The number of aromatic nitrogens is 1. The monoisotopic (exact) mass is 542 g/mol. The Kier molecular flexibility index (Phi) is 5.75. The summed E-state index contributed by atoms with van der Waals surface area (Å²) < 4.78 is 5.07. The van der Waals surface area contributed by atoms with E-state index >= 15 is 0 Å². The van der Waals surface area contributed by atoms with Crippen molar-refractivity contribution in [2.24, 2.45) is 4.99 Å². The molecule has 194 valence electrons. The third-order valence-corrected chi connectivity index (χ3v) is 9.09. The molecule has 0 unspecified atom stereocenters. The van der Waals surface area contributed by atoms with Gasteiger partial charge >= 0.3 is 0 Å². The molecule has 0 bridgehead atoms. The fourth-order valence-corrected chi connectivity index (χ4v) is 7.22. The maximum absolute atomic E-state index is 4.71. The lowest BCUT2D eigenvalue weighted by Crippen LogP contribution is -1.95. The van der Waals surface area contributed by atoms with Gasteiger partial charge < -0.3 is 4.57 Å². The topological polar surface area (TPSA) is 17.3 Å². The van der Waals surface area contributed by atoms with Crippen molar-refractivity contribution in [2.75, 3.05) is 0 Å². The molecule has 0 saturated heterocycles. The average Bonchev–Trinajstić information content (AvgIpc) is 3.57. The molecule has 8 rings (SSSR count). The van der Waals surface area contributed by atoms with Crippen LogP contribution in [0.15, 0.2) is 145 Å². The van der Waals surface area contributed by atoms with Crippen LogP contribution in [-0.4, -0.2) is 10.8 Å². The van der Waals surface area contributed by atoms with Gasteiger partial charge in [0.05, 0.1) is 17.6 Å². The van der Waals surface area contributed by atoms with Crippen molar-refractivity contribution >= 4 is 59.5 Å². The van der Waals surface area contributed by atoms with Crippen LogP contribution in [0.2, 0.25) is 0 Å². The summed E-state index contributed by atoms with van der Waals surface area (Å²) in [5.41, 5.74) is 8.43. The first-order valence-corrected chi connectivity index (χ1v) is 14.7. The predicted octanol–water partition coefficient (Wildman–Crippen LogP) is 10.4. The normalized spacial score (nSPS) is 11.9. The first-order chi connectivity index (χ1) is 20.3. The zero-order valence-electron chi connectivity index (χ0n) is 22.4. The first-order valence-electron chi connectivity index (χ1n) is 13.9. The smallest absolute Gasteiger partial charge is 0.0640 e. The third kappa shape index (κ3) is 4.14. The molecule has 0 atom stereocenters. The molecule has 0 saturated carbocycles. The standard InChI is InChI=1S/C38H26N2S/c1-2-10-26(11-3-1)24-39-25-27-12-8-13-29(22-27)40-35-18-6-4-14-31(35)34-23-28(20-21-36(34)40)30-16-9-17-33-32-15-5-7-19-37(32)41-38(30)33/h1-24H,25H2. The fourth-order valence-electron chi connectivity index (χ4n) is 5.98. The Morgan fingerprint density at radius 2 is 1.34 bits per heavy atom. The minimum absolute atomic E-state index is 0.642. The number of benzene rings is 6. The summed E-state index contributed by atoms with van der Waals surface area (Å²) in [7, 11) is 0. The van der Waals surface area contributed by atoms with E-state index in [2.05, 4.69) is 126 Å². The summed E-state index contributed by atoms with van der Waals surface area (Å²) >= 11 is 1.88. The second kappa shape index (κ2) is 9.88. The Hall–Kier alpha value is -4.99. The zero-order valence-corrected chi connectivity index (χ0v) is 23.2. The number of para-hydroxylation sites is 1. The lowest BCUT2D eigenvalue weighted by molar-refractivity contribution is 1.06. The van der Waals surface area contributed by atoms with Crippen molar-refractivity contribution in [1.82, 2.24) is 4.57 Å². The van der Waals surface area contributed by atoms with Crippen molar-refractivity contribution in [3.63, 3.8) is 0 Å². The molecule has 0 spiro atoms. The van der Waals surface area contributed by atoms with Crippen LogP contribution in [0.25, 0.3) is 58.8 Å². The van der Waals surface area contributed by atoms with Gasteiger partial charge in [-0.3, -0.25) is 4.99 Å². The van der Waals surface area contributed by atoms with Crippen LogP contribution in [0.1, 0.15) is 11.1 Å². The van der Waals surface area contributed by atoms with E-state index < -0.39 is 0 Å². The maximum Gasteiger partial charge on any atom is 0.0640 e. The van der Waals surface area contributed by atoms with Gasteiger partial charge in [0.2, 0.25) is 0 Å². The predicted molar refractivity (Wildman–Crippen MR) is 177 cm³/mol. The minimum atomic E-state index is 0.642. The van der Waals surface area contributed by atoms with Crippen molar-refractivity contribution in [1.29, 1.82) is 0 Å². The van der Waals surface area contributed by atoms with Crippen molar-refractivity contribution < 1.29 is 0 Å². The molecular formula is C38H26N2S. The summed E-state index contributed by atoms with van der Waals surface area (Å²) in [4.78, 5) is 4.71. The molecule has 0 aliphatic carbocycles. The largest absolute Gasteiger partial charge is 0.309 e. The number of fused-ring (bicyclic) bond motifs is 6. The molecule has 0 radical (unpaired) electrons. The highest BCUT2D eigenvalue weighted by atomic mass is 32.1. The average molecular weight is 543 g/mol. The van der Waals surface area contributed by atoms with Crippen molar-refractivity contribution in [3.8, 4) is 16.8 Å².